The number of fused-ring (bicyclic) bond motifs is 1. The summed E-state index contributed by atoms with van der Waals surface area (Å²) in [6, 6.07) is 13.5. The summed E-state index contributed by atoms with van der Waals surface area (Å²) in [5.74, 6) is 0.615. The van der Waals surface area contributed by atoms with Gasteiger partial charge in [0.05, 0.1) is 16.6 Å². The molecule has 0 saturated heterocycles. The van der Waals surface area contributed by atoms with Crippen LogP contribution in [0.3, 0.4) is 0 Å². The minimum absolute atomic E-state index is 0.0558. The number of pyridine rings is 2. The van der Waals surface area contributed by atoms with E-state index in [4.69, 9.17) is 0 Å². The molecule has 0 saturated carbocycles. The fourth-order valence-electron chi connectivity index (χ4n) is 3.16. The van der Waals surface area contributed by atoms with Gasteiger partial charge in [0.25, 0.3) is 0 Å². The molecule has 0 aliphatic carbocycles. The first kappa shape index (κ1) is 19.9. The van der Waals surface area contributed by atoms with E-state index in [-0.39, 0.29) is 16.8 Å². The SMILES string of the molecule is CC(C)(C)c1ccc(Nc2[nH]nc3nc(-c4ncccc4C(F)(F)F)ccc23)cc1. The summed E-state index contributed by atoms with van der Waals surface area (Å²) in [5, 5.41) is 10.9. The molecule has 0 amide bonds. The molecule has 3 aromatic heterocycles. The molecule has 0 aliphatic heterocycles. The maximum absolute atomic E-state index is 13.3. The second kappa shape index (κ2) is 7.12. The van der Waals surface area contributed by atoms with E-state index < -0.39 is 11.7 Å². The van der Waals surface area contributed by atoms with Gasteiger partial charge in [-0.3, -0.25) is 10.1 Å². The minimum Gasteiger partial charge on any atom is -0.340 e. The lowest BCUT2D eigenvalue weighted by Gasteiger charge is -2.19. The fourth-order valence-corrected chi connectivity index (χ4v) is 3.16. The van der Waals surface area contributed by atoms with Crippen LogP contribution < -0.4 is 5.32 Å². The second-order valence-electron chi connectivity index (χ2n) is 8.02. The molecule has 5 nitrogen and oxygen atoms in total. The third-order valence-electron chi connectivity index (χ3n) is 4.79. The molecular formula is C22H20F3N5. The molecular weight excluding hydrogens is 391 g/mol. The Labute approximate surface area is 171 Å². The largest absolute Gasteiger partial charge is 0.418 e. The molecule has 0 spiro atoms. The van der Waals surface area contributed by atoms with E-state index >= 15 is 0 Å². The lowest BCUT2D eigenvalue weighted by Crippen LogP contribution is -2.10. The van der Waals surface area contributed by atoms with Crippen LogP contribution in [0.1, 0.15) is 31.9 Å². The number of aromatic nitrogens is 4. The lowest BCUT2D eigenvalue weighted by molar-refractivity contribution is -0.137. The number of H-pyrrole nitrogens is 1. The van der Waals surface area contributed by atoms with Crippen LogP contribution in [0.4, 0.5) is 24.7 Å². The molecule has 0 fully saturated rings. The maximum atomic E-state index is 13.3. The molecule has 30 heavy (non-hydrogen) atoms. The van der Waals surface area contributed by atoms with E-state index in [2.05, 4.69) is 58.4 Å². The van der Waals surface area contributed by atoms with Crippen LogP contribution in [-0.2, 0) is 11.6 Å². The molecule has 0 atom stereocenters. The van der Waals surface area contributed by atoms with E-state index in [9.17, 15) is 13.2 Å². The molecule has 0 aliphatic rings. The van der Waals surface area contributed by atoms with Crippen molar-refractivity contribution in [2.45, 2.75) is 32.4 Å². The van der Waals surface area contributed by atoms with Crippen molar-refractivity contribution in [2.75, 3.05) is 5.32 Å². The Hall–Kier alpha value is -3.42. The maximum Gasteiger partial charge on any atom is 0.418 e. The lowest BCUT2D eigenvalue weighted by atomic mass is 9.87. The van der Waals surface area contributed by atoms with Gasteiger partial charge in [0.15, 0.2) is 5.65 Å². The van der Waals surface area contributed by atoms with Crippen LogP contribution >= 0.6 is 0 Å². The first-order chi connectivity index (χ1) is 14.1. The molecule has 8 heteroatoms. The quantitative estimate of drug-likeness (QED) is 0.429. The molecule has 3 heterocycles. The van der Waals surface area contributed by atoms with Gasteiger partial charge in [0.2, 0.25) is 0 Å². The standard InChI is InChI=1S/C22H20F3N5/c1-21(2,3)13-6-8-14(9-7-13)27-19-15-10-11-17(28-20(15)30-29-19)18-16(22(23,24)25)5-4-12-26-18/h4-12H,1-3H3,(H2,27,28,29,30). The smallest absolute Gasteiger partial charge is 0.340 e. The predicted octanol–water partition coefficient (Wildman–Crippen LogP) is 6.08. The van der Waals surface area contributed by atoms with E-state index in [0.29, 0.717) is 16.9 Å². The van der Waals surface area contributed by atoms with Crippen molar-refractivity contribution in [2.24, 2.45) is 0 Å². The summed E-state index contributed by atoms with van der Waals surface area (Å²) in [6.45, 7) is 6.44. The number of anilines is 2. The van der Waals surface area contributed by atoms with Gasteiger partial charge < -0.3 is 5.32 Å². The zero-order valence-corrected chi connectivity index (χ0v) is 16.7. The molecule has 4 aromatic rings. The number of nitrogens with zero attached hydrogens (tertiary/aromatic N) is 3. The summed E-state index contributed by atoms with van der Waals surface area (Å²) < 4.78 is 39.9. The molecule has 0 unspecified atom stereocenters. The first-order valence-corrected chi connectivity index (χ1v) is 9.38. The van der Waals surface area contributed by atoms with Crippen molar-refractivity contribution in [3.05, 3.63) is 65.9 Å². The Morgan fingerprint density at radius 3 is 2.33 bits per heavy atom. The molecule has 154 valence electrons. The van der Waals surface area contributed by atoms with Crippen molar-refractivity contribution in [1.29, 1.82) is 0 Å². The number of benzene rings is 1. The monoisotopic (exact) mass is 411 g/mol. The second-order valence-corrected chi connectivity index (χ2v) is 8.02. The average molecular weight is 411 g/mol. The molecule has 0 bridgehead atoms. The molecule has 1 aromatic carbocycles. The number of hydrogen-bond acceptors (Lipinski definition) is 4. The van der Waals surface area contributed by atoms with E-state index in [0.717, 1.165) is 11.8 Å². The molecule has 2 N–H and O–H groups in total. The van der Waals surface area contributed by atoms with Crippen molar-refractivity contribution < 1.29 is 13.2 Å². The number of alkyl halides is 3. The fraction of sp³-hybridized carbons (Fsp3) is 0.227. The number of hydrogen-bond donors (Lipinski definition) is 2. The number of nitrogens with one attached hydrogen (secondary N) is 2. The number of halogens is 3. The Morgan fingerprint density at radius 2 is 1.67 bits per heavy atom. The summed E-state index contributed by atoms with van der Waals surface area (Å²) in [6.07, 6.45) is -3.20. The molecule has 0 radical (unpaired) electrons. The van der Waals surface area contributed by atoms with E-state index in [1.165, 1.54) is 23.9 Å². The highest BCUT2D eigenvalue weighted by Gasteiger charge is 2.34. The summed E-state index contributed by atoms with van der Waals surface area (Å²) in [7, 11) is 0. The average Bonchev–Trinajstić information content (AvgIpc) is 3.09. The van der Waals surface area contributed by atoms with Crippen molar-refractivity contribution in [1.82, 2.24) is 20.2 Å². The predicted molar refractivity (Wildman–Crippen MR) is 111 cm³/mol. The van der Waals surface area contributed by atoms with Gasteiger partial charge in [0, 0.05) is 11.9 Å². The van der Waals surface area contributed by atoms with Crippen LogP contribution in [0, 0.1) is 0 Å². The minimum atomic E-state index is -4.52. The van der Waals surface area contributed by atoms with E-state index in [1.807, 2.05) is 12.1 Å². The van der Waals surface area contributed by atoms with Gasteiger partial charge in [-0.05, 0) is 47.4 Å². The van der Waals surface area contributed by atoms with E-state index in [1.54, 1.807) is 6.07 Å². The van der Waals surface area contributed by atoms with Crippen LogP contribution in [0.25, 0.3) is 22.4 Å². The van der Waals surface area contributed by atoms with Crippen LogP contribution in [0.15, 0.2) is 54.7 Å². The highest BCUT2D eigenvalue weighted by atomic mass is 19.4. The summed E-state index contributed by atoms with van der Waals surface area (Å²) in [5.41, 5.74) is 1.50. The summed E-state index contributed by atoms with van der Waals surface area (Å²) in [4.78, 5) is 8.17. The van der Waals surface area contributed by atoms with Crippen LogP contribution in [0.5, 0.6) is 0 Å². The third-order valence-corrected chi connectivity index (χ3v) is 4.79. The highest BCUT2D eigenvalue weighted by Crippen LogP contribution is 2.36. The Kier molecular flexibility index (Phi) is 4.72. The summed E-state index contributed by atoms with van der Waals surface area (Å²) >= 11 is 0. The van der Waals surface area contributed by atoms with Crippen molar-refractivity contribution in [3.8, 4) is 11.4 Å². The van der Waals surface area contributed by atoms with Gasteiger partial charge in [0.1, 0.15) is 11.5 Å². The third kappa shape index (κ3) is 3.85. The van der Waals surface area contributed by atoms with Crippen LogP contribution in [-0.4, -0.2) is 20.2 Å². The zero-order valence-electron chi connectivity index (χ0n) is 16.7. The Morgan fingerprint density at radius 1 is 0.933 bits per heavy atom. The van der Waals surface area contributed by atoms with Crippen LogP contribution in [0.2, 0.25) is 0 Å². The van der Waals surface area contributed by atoms with Crippen molar-refractivity contribution >= 4 is 22.5 Å². The van der Waals surface area contributed by atoms with Crippen molar-refractivity contribution in [3.63, 3.8) is 0 Å². The number of aromatic amines is 1. The van der Waals surface area contributed by atoms with Gasteiger partial charge in [-0.15, -0.1) is 0 Å². The van der Waals surface area contributed by atoms with Gasteiger partial charge in [-0.1, -0.05) is 32.9 Å². The van der Waals surface area contributed by atoms with Gasteiger partial charge in [-0.25, -0.2) is 4.98 Å². The Bertz CT molecular complexity index is 1190. The zero-order chi connectivity index (χ0) is 21.5. The normalized spacial score (nSPS) is 12.3. The van der Waals surface area contributed by atoms with Gasteiger partial charge >= 0.3 is 6.18 Å². The van der Waals surface area contributed by atoms with Gasteiger partial charge in [-0.2, -0.15) is 18.3 Å². The Balaban J connectivity index is 1.66. The number of rotatable bonds is 3. The first-order valence-electron chi connectivity index (χ1n) is 9.38. The molecule has 4 rings (SSSR count). The topological polar surface area (TPSA) is 66.5 Å². The highest BCUT2D eigenvalue weighted by molar-refractivity contribution is 5.90.